The van der Waals surface area contributed by atoms with Crippen molar-refractivity contribution in [1.29, 1.82) is 0 Å². The SMILES string of the molecule is NC(=O)c1cccc(-c2ccc3ncc(Cc4ccc5ncccc5c4)n3n2)c1. The number of benzene rings is 2. The number of amides is 1. The molecule has 2 aromatic carbocycles. The third-order valence-electron chi connectivity index (χ3n) is 4.93. The number of nitrogens with zero attached hydrogens (tertiary/aromatic N) is 4. The van der Waals surface area contributed by atoms with Crippen molar-refractivity contribution >= 4 is 22.5 Å². The van der Waals surface area contributed by atoms with E-state index in [1.807, 2.05) is 41.0 Å². The average molecular weight is 379 g/mol. The van der Waals surface area contributed by atoms with Gasteiger partial charge in [-0.2, -0.15) is 5.10 Å². The molecule has 0 aliphatic carbocycles. The molecule has 0 saturated carbocycles. The van der Waals surface area contributed by atoms with Crippen LogP contribution in [-0.2, 0) is 6.42 Å². The summed E-state index contributed by atoms with van der Waals surface area (Å²) in [5.41, 5.74) is 11.3. The van der Waals surface area contributed by atoms with Gasteiger partial charge in [-0.05, 0) is 48.0 Å². The lowest BCUT2D eigenvalue weighted by Gasteiger charge is -2.06. The van der Waals surface area contributed by atoms with E-state index in [1.165, 1.54) is 0 Å². The second kappa shape index (κ2) is 6.83. The monoisotopic (exact) mass is 379 g/mol. The number of pyridine rings is 1. The topological polar surface area (TPSA) is 86.2 Å². The van der Waals surface area contributed by atoms with Crippen LogP contribution in [0.5, 0.6) is 0 Å². The van der Waals surface area contributed by atoms with Gasteiger partial charge in [-0.1, -0.05) is 24.3 Å². The molecule has 5 aromatic rings. The van der Waals surface area contributed by atoms with Crippen molar-refractivity contribution in [2.75, 3.05) is 0 Å². The van der Waals surface area contributed by atoms with Gasteiger partial charge in [0.15, 0.2) is 5.65 Å². The maximum absolute atomic E-state index is 11.5. The molecule has 0 spiro atoms. The van der Waals surface area contributed by atoms with E-state index in [1.54, 1.807) is 24.4 Å². The zero-order valence-corrected chi connectivity index (χ0v) is 15.5. The maximum atomic E-state index is 11.5. The summed E-state index contributed by atoms with van der Waals surface area (Å²) in [4.78, 5) is 20.3. The molecule has 0 unspecified atom stereocenters. The maximum Gasteiger partial charge on any atom is 0.248 e. The van der Waals surface area contributed by atoms with Gasteiger partial charge in [0.05, 0.1) is 23.1 Å². The van der Waals surface area contributed by atoms with Gasteiger partial charge in [-0.3, -0.25) is 9.78 Å². The van der Waals surface area contributed by atoms with E-state index in [9.17, 15) is 4.79 Å². The summed E-state index contributed by atoms with van der Waals surface area (Å²) in [6, 6.07) is 21.2. The van der Waals surface area contributed by atoms with Gasteiger partial charge in [0.1, 0.15) is 0 Å². The normalized spacial score (nSPS) is 11.2. The van der Waals surface area contributed by atoms with Crippen LogP contribution in [0.2, 0.25) is 0 Å². The van der Waals surface area contributed by atoms with E-state index < -0.39 is 5.91 Å². The second-order valence-corrected chi connectivity index (χ2v) is 6.89. The predicted octanol–water partition coefficient (Wildman–Crippen LogP) is 3.63. The summed E-state index contributed by atoms with van der Waals surface area (Å²) in [5, 5.41) is 5.86. The molecule has 0 radical (unpaired) electrons. The Balaban J connectivity index is 1.54. The number of rotatable bonds is 4. The summed E-state index contributed by atoms with van der Waals surface area (Å²) in [6.07, 6.45) is 4.34. The Morgan fingerprint density at radius 3 is 2.79 bits per heavy atom. The van der Waals surface area contributed by atoms with E-state index in [-0.39, 0.29) is 0 Å². The number of aromatic nitrogens is 4. The van der Waals surface area contributed by atoms with Crippen LogP contribution in [0.25, 0.3) is 27.8 Å². The molecular formula is C23H17N5O. The Hall–Kier alpha value is -4.06. The first-order valence-electron chi connectivity index (χ1n) is 9.25. The number of primary amides is 1. The standard InChI is InChI=1S/C23H17N5O/c24-23(29)18-4-1-3-17(13-18)21-8-9-22-26-14-19(28(22)27-21)12-15-6-7-20-16(11-15)5-2-10-25-20/h1-11,13-14H,12H2,(H2,24,29). The highest BCUT2D eigenvalue weighted by Crippen LogP contribution is 2.21. The molecule has 0 aliphatic heterocycles. The van der Waals surface area contributed by atoms with Crippen LogP contribution in [0.4, 0.5) is 0 Å². The Labute approximate surface area is 166 Å². The van der Waals surface area contributed by atoms with Crippen molar-refractivity contribution in [2.45, 2.75) is 6.42 Å². The van der Waals surface area contributed by atoms with Crippen LogP contribution < -0.4 is 5.73 Å². The van der Waals surface area contributed by atoms with Gasteiger partial charge >= 0.3 is 0 Å². The largest absolute Gasteiger partial charge is 0.366 e. The molecule has 1 amide bonds. The zero-order chi connectivity index (χ0) is 19.8. The molecule has 140 valence electrons. The van der Waals surface area contributed by atoms with Crippen molar-refractivity contribution in [2.24, 2.45) is 5.73 Å². The molecule has 3 heterocycles. The molecule has 5 rings (SSSR count). The first-order valence-corrected chi connectivity index (χ1v) is 9.25. The molecule has 29 heavy (non-hydrogen) atoms. The molecule has 6 nitrogen and oxygen atoms in total. The van der Waals surface area contributed by atoms with Gasteiger partial charge < -0.3 is 5.73 Å². The average Bonchev–Trinajstić information content (AvgIpc) is 3.15. The first-order chi connectivity index (χ1) is 14.2. The summed E-state index contributed by atoms with van der Waals surface area (Å²) >= 11 is 0. The number of imidazole rings is 1. The van der Waals surface area contributed by atoms with Gasteiger partial charge in [0, 0.05) is 29.1 Å². The van der Waals surface area contributed by atoms with E-state index in [2.05, 4.69) is 28.2 Å². The molecule has 0 bridgehead atoms. The minimum atomic E-state index is -0.456. The summed E-state index contributed by atoms with van der Waals surface area (Å²) in [6.45, 7) is 0. The van der Waals surface area contributed by atoms with Crippen LogP contribution in [0.15, 0.2) is 79.1 Å². The van der Waals surface area contributed by atoms with Gasteiger partial charge in [-0.25, -0.2) is 9.50 Å². The van der Waals surface area contributed by atoms with E-state index in [0.29, 0.717) is 12.0 Å². The molecule has 0 fully saturated rings. The third kappa shape index (κ3) is 3.21. The Morgan fingerprint density at radius 1 is 0.966 bits per heavy atom. The number of fused-ring (bicyclic) bond motifs is 2. The minimum absolute atomic E-state index is 0.456. The fraction of sp³-hybridized carbons (Fsp3) is 0.0435. The van der Waals surface area contributed by atoms with Crippen LogP contribution in [0, 0.1) is 0 Å². The van der Waals surface area contributed by atoms with Gasteiger partial charge in [-0.15, -0.1) is 0 Å². The Bertz CT molecular complexity index is 1370. The lowest BCUT2D eigenvalue weighted by Crippen LogP contribution is -2.10. The van der Waals surface area contributed by atoms with Gasteiger partial charge in [0.2, 0.25) is 5.91 Å². The lowest BCUT2D eigenvalue weighted by molar-refractivity contribution is 0.100. The molecule has 0 saturated heterocycles. The van der Waals surface area contributed by atoms with E-state index >= 15 is 0 Å². The van der Waals surface area contributed by atoms with Crippen LogP contribution >= 0.6 is 0 Å². The van der Waals surface area contributed by atoms with Crippen molar-refractivity contribution in [3.63, 3.8) is 0 Å². The summed E-state index contributed by atoms with van der Waals surface area (Å²) in [5.74, 6) is -0.456. The number of hydrogen-bond donors (Lipinski definition) is 1. The minimum Gasteiger partial charge on any atom is -0.366 e. The Kier molecular flexibility index (Phi) is 4.02. The van der Waals surface area contributed by atoms with Crippen LogP contribution in [0.3, 0.4) is 0 Å². The van der Waals surface area contributed by atoms with E-state index in [0.717, 1.165) is 39.1 Å². The highest BCUT2D eigenvalue weighted by Gasteiger charge is 2.10. The highest BCUT2D eigenvalue weighted by molar-refractivity contribution is 5.94. The smallest absolute Gasteiger partial charge is 0.248 e. The molecule has 6 heteroatoms. The number of carbonyl (C=O) groups excluding carboxylic acids is 1. The van der Waals surface area contributed by atoms with Crippen molar-refractivity contribution in [1.82, 2.24) is 19.6 Å². The zero-order valence-electron chi connectivity index (χ0n) is 15.5. The fourth-order valence-electron chi connectivity index (χ4n) is 3.47. The lowest BCUT2D eigenvalue weighted by atomic mass is 10.1. The van der Waals surface area contributed by atoms with E-state index in [4.69, 9.17) is 10.8 Å². The molecule has 0 aliphatic rings. The number of hydrogen-bond acceptors (Lipinski definition) is 4. The fourth-order valence-corrected chi connectivity index (χ4v) is 3.47. The molecule has 0 atom stereocenters. The van der Waals surface area contributed by atoms with Gasteiger partial charge in [0.25, 0.3) is 0 Å². The summed E-state index contributed by atoms with van der Waals surface area (Å²) in [7, 11) is 0. The highest BCUT2D eigenvalue weighted by atomic mass is 16.1. The quantitative estimate of drug-likeness (QED) is 0.517. The molecular weight excluding hydrogens is 362 g/mol. The van der Waals surface area contributed by atoms with Crippen molar-refractivity contribution in [3.05, 3.63) is 95.9 Å². The predicted molar refractivity (Wildman–Crippen MR) is 111 cm³/mol. The number of nitrogens with two attached hydrogens (primary N) is 1. The van der Waals surface area contributed by atoms with Crippen molar-refractivity contribution < 1.29 is 4.79 Å². The Morgan fingerprint density at radius 2 is 1.90 bits per heavy atom. The summed E-state index contributed by atoms with van der Waals surface area (Å²) < 4.78 is 1.85. The molecule has 2 N–H and O–H groups in total. The number of carbonyl (C=O) groups is 1. The van der Waals surface area contributed by atoms with Crippen LogP contribution in [-0.4, -0.2) is 25.5 Å². The first kappa shape index (κ1) is 17.1. The molecule has 3 aromatic heterocycles. The van der Waals surface area contributed by atoms with Crippen LogP contribution in [0.1, 0.15) is 21.6 Å². The van der Waals surface area contributed by atoms with Crippen molar-refractivity contribution in [3.8, 4) is 11.3 Å². The third-order valence-corrected chi connectivity index (χ3v) is 4.93. The second-order valence-electron chi connectivity index (χ2n) is 6.89.